The van der Waals surface area contributed by atoms with Gasteiger partial charge in [0.05, 0.1) is 11.3 Å². The van der Waals surface area contributed by atoms with Crippen molar-refractivity contribution in [1.29, 1.82) is 0 Å². The van der Waals surface area contributed by atoms with Gasteiger partial charge in [0.2, 0.25) is 0 Å². The quantitative estimate of drug-likeness (QED) is 0.349. The van der Waals surface area contributed by atoms with Crippen molar-refractivity contribution in [1.82, 2.24) is 14.6 Å². The van der Waals surface area contributed by atoms with Crippen molar-refractivity contribution in [3.8, 4) is 0 Å². The van der Waals surface area contributed by atoms with E-state index in [9.17, 15) is 27.1 Å². The van der Waals surface area contributed by atoms with Crippen LogP contribution in [0.25, 0.3) is 0 Å². The second-order valence-corrected chi connectivity index (χ2v) is 3.10. The molecule has 14 heavy (non-hydrogen) atoms. The van der Waals surface area contributed by atoms with Crippen LogP contribution >= 0.6 is 0 Å². The molecule has 0 aliphatic carbocycles. The van der Waals surface area contributed by atoms with E-state index >= 15 is 0 Å². The lowest BCUT2D eigenvalue weighted by Crippen LogP contribution is -2.52. The second-order valence-electron chi connectivity index (χ2n) is 1.63. The average Bonchev–Trinajstić information content (AvgIpc) is 1.97. The molecule has 4 amide bonds. The van der Waals surface area contributed by atoms with E-state index in [2.05, 4.69) is 5.73 Å². The standard InChI is InChI=1S/C2H6N4O6S2/c3-1(7)6(14(11)12)4-2(8)5-13(9)10/h(H2,3,7)(H,9,10)(H,11,12)(H2,4,5,8)/p-2. The maximum atomic E-state index is 10.5. The number of nitrogens with zero attached hydrogens (tertiary/aromatic N) is 1. The molecule has 10 nitrogen and oxygen atoms in total. The SMILES string of the molecule is NC(=O)N(NC(=O)NS(=O)[O-])S(=O)[O-]. The van der Waals surface area contributed by atoms with Crippen LogP contribution in [-0.2, 0) is 22.5 Å². The predicted molar refractivity (Wildman–Crippen MR) is 40.9 cm³/mol. The summed E-state index contributed by atoms with van der Waals surface area (Å²) in [4.78, 5) is 20.9. The number of primary amides is 1. The molecule has 0 aromatic rings. The molecular formula is C2H4N4O6S2-2. The van der Waals surface area contributed by atoms with Gasteiger partial charge in [-0.3, -0.25) is 8.93 Å². The normalized spacial score (nSPS) is 13.9. The van der Waals surface area contributed by atoms with E-state index < -0.39 is 34.6 Å². The van der Waals surface area contributed by atoms with Crippen molar-refractivity contribution >= 4 is 34.6 Å². The molecule has 2 atom stereocenters. The van der Waals surface area contributed by atoms with Crippen molar-refractivity contribution in [3.63, 3.8) is 0 Å². The highest BCUT2D eigenvalue weighted by molar-refractivity contribution is 7.77. The predicted octanol–water partition coefficient (Wildman–Crippen LogP) is -2.83. The Hall–Kier alpha value is -1.24. The maximum absolute atomic E-state index is 10.5. The molecule has 4 N–H and O–H groups in total. The summed E-state index contributed by atoms with van der Waals surface area (Å²) in [6, 6.07) is -2.94. The second kappa shape index (κ2) is 5.48. The van der Waals surface area contributed by atoms with Crippen molar-refractivity contribution in [2.75, 3.05) is 0 Å². The van der Waals surface area contributed by atoms with Crippen LogP contribution in [-0.4, -0.2) is 34.0 Å². The molecule has 0 aromatic carbocycles. The number of hydrazine groups is 1. The summed E-state index contributed by atoms with van der Waals surface area (Å²) in [5.41, 5.74) is 5.86. The summed E-state index contributed by atoms with van der Waals surface area (Å²) in [6.45, 7) is 0. The fourth-order valence-electron chi connectivity index (χ4n) is 0.357. The van der Waals surface area contributed by atoms with Crippen LogP contribution in [0.2, 0.25) is 0 Å². The first kappa shape index (κ1) is 12.8. The molecule has 0 rings (SSSR count). The summed E-state index contributed by atoms with van der Waals surface area (Å²) in [5.74, 6) is 0. The number of carbonyl (C=O) groups is 2. The van der Waals surface area contributed by atoms with Gasteiger partial charge in [0, 0.05) is 11.3 Å². The fourth-order valence-corrected chi connectivity index (χ4v) is 0.858. The number of hydrogen-bond donors (Lipinski definition) is 3. The topological polar surface area (TPSA) is 168 Å². The molecule has 0 heterocycles. The number of rotatable bonds is 2. The van der Waals surface area contributed by atoms with E-state index in [0.717, 1.165) is 0 Å². The third kappa shape index (κ3) is 4.70. The van der Waals surface area contributed by atoms with Crippen LogP contribution < -0.4 is 15.9 Å². The first-order valence-electron chi connectivity index (χ1n) is 2.70. The van der Waals surface area contributed by atoms with Crippen molar-refractivity contribution in [2.24, 2.45) is 5.73 Å². The van der Waals surface area contributed by atoms with Crippen LogP contribution in [0.15, 0.2) is 0 Å². The third-order valence-corrected chi connectivity index (χ3v) is 1.65. The first-order chi connectivity index (χ1) is 6.34. The minimum absolute atomic E-state index is 0.289. The van der Waals surface area contributed by atoms with Gasteiger partial charge in [0.25, 0.3) is 0 Å². The smallest absolute Gasteiger partial charge is 0.345 e. The first-order valence-corrected chi connectivity index (χ1v) is 4.80. The van der Waals surface area contributed by atoms with E-state index in [4.69, 9.17) is 0 Å². The zero-order chi connectivity index (χ0) is 11.3. The highest BCUT2D eigenvalue weighted by atomic mass is 32.2. The Kier molecular flexibility index (Phi) is 5.00. The number of amides is 4. The van der Waals surface area contributed by atoms with E-state index in [1.54, 1.807) is 0 Å². The lowest BCUT2D eigenvalue weighted by molar-refractivity contribution is 0.207. The fraction of sp³-hybridized carbons (Fsp3) is 0. The summed E-state index contributed by atoms with van der Waals surface area (Å²) >= 11 is -6.06. The van der Waals surface area contributed by atoms with Crippen molar-refractivity contribution in [3.05, 3.63) is 0 Å². The number of hydrogen-bond acceptors (Lipinski definition) is 6. The molecule has 0 aliphatic rings. The van der Waals surface area contributed by atoms with Gasteiger partial charge in [-0.15, -0.1) is 0 Å². The Morgan fingerprint density at radius 2 is 1.79 bits per heavy atom. The third-order valence-electron chi connectivity index (χ3n) is 0.728. The molecule has 12 heteroatoms. The zero-order valence-corrected chi connectivity index (χ0v) is 7.92. The molecule has 0 fully saturated rings. The van der Waals surface area contributed by atoms with Crippen LogP contribution in [0.3, 0.4) is 0 Å². The molecular weight excluding hydrogens is 240 g/mol. The number of urea groups is 2. The number of nitrogens with one attached hydrogen (secondary N) is 2. The molecule has 0 spiro atoms. The van der Waals surface area contributed by atoms with Crippen LogP contribution in [0.4, 0.5) is 9.59 Å². The van der Waals surface area contributed by atoms with Gasteiger partial charge in [-0.05, 0) is 0 Å². The van der Waals surface area contributed by atoms with E-state index in [1.165, 1.54) is 10.1 Å². The van der Waals surface area contributed by atoms with Crippen molar-refractivity contribution < 1.29 is 27.1 Å². The van der Waals surface area contributed by atoms with Crippen LogP contribution in [0, 0.1) is 0 Å². The average molecular weight is 244 g/mol. The molecule has 2 unspecified atom stereocenters. The Morgan fingerprint density at radius 3 is 2.07 bits per heavy atom. The lowest BCUT2D eigenvalue weighted by atomic mass is 11.1. The zero-order valence-electron chi connectivity index (χ0n) is 6.29. The highest BCUT2D eigenvalue weighted by Gasteiger charge is 2.13. The Morgan fingerprint density at radius 1 is 1.29 bits per heavy atom. The van der Waals surface area contributed by atoms with Gasteiger partial charge in [-0.25, -0.2) is 19.2 Å². The Bertz CT molecular complexity index is 278. The molecule has 0 aliphatic heterocycles. The highest BCUT2D eigenvalue weighted by Crippen LogP contribution is 1.85. The summed E-state index contributed by atoms with van der Waals surface area (Å²) in [6.07, 6.45) is 0. The summed E-state index contributed by atoms with van der Waals surface area (Å²) in [7, 11) is 0. The van der Waals surface area contributed by atoms with E-state index in [-0.39, 0.29) is 4.41 Å². The van der Waals surface area contributed by atoms with E-state index in [1.807, 2.05) is 0 Å². The molecule has 0 saturated heterocycles. The molecule has 0 aromatic heterocycles. The largest absolute Gasteiger partial charge is 0.755 e. The van der Waals surface area contributed by atoms with Gasteiger partial charge in [-0.1, -0.05) is 0 Å². The summed E-state index contributed by atoms with van der Waals surface area (Å²) in [5, 5.41) is 0. The van der Waals surface area contributed by atoms with Gasteiger partial charge in [0.1, 0.15) is 0 Å². The maximum Gasteiger partial charge on any atom is 0.345 e. The van der Waals surface area contributed by atoms with E-state index in [0.29, 0.717) is 0 Å². The van der Waals surface area contributed by atoms with Gasteiger partial charge in [0.15, 0.2) is 0 Å². The Balaban J connectivity index is 4.31. The van der Waals surface area contributed by atoms with Gasteiger partial charge in [-0.2, -0.15) is 4.41 Å². The minimum atomic E-state index is -3.13. The van der Waals surface area contributed by atoms with Crippen molar-refractivity contribution in [2.45, 2.75) is 0 Å². The molecule has 0 bridgehead atoms. The minimum Gasteiger partial charge on any atom is -0.755 e. The van der Waals surface area contributed by atoms with Crippen LogP contribution in [0.5, 0.6) is 0 Å². The van der Waals surface area contributed by atoms with Gasteiger partial charge < -0.3 is 14.8 Å². The monoisotopic (exact) mass is 244 g/mol. The lowest BCUT2D eigenvalue weighted by Gasteiger charge is -2.22. The molecule has 82 valence electrons. The molecule has 0 saturated carbocycles. The summed E-state index contributed by atoms with van der Waals surface area (Å²) < 4.78 is 41.1. The van der Waals surface area contributed by atoms with Gasteiger partial charge >= 0.3 is 12.1 Å². The number of nitrogens with two attached hydrogens (primary N) is 1. The number of carbonyl (C=O) groups excluding carboxylic acids is 2. The Labute approximate surface area is 82.6 Å². The molecule has 0 radical (unpaired) electrons. The van der Waals surface area contributed by atoms with Crippen LogP contribution in [0.1, 0.15) is 0 Å².